The average molecular weight is 334 g/mol. The monoisotopic (exact) mass is 334 g/mol. The topological polar surface area (TPSA) is 59.1 Å². The van der Waals surface area contributed by atoms with Crippen LogP contribution < -0.4 is 0 Å². The van der Waals surface area contributed by atoms with Crippen LogP contribution in [-0.4, -0.2) is 34.5 Å². The lowest BCUT2D eigenvalue weighted by Crippen LogP contribution is -2.43. The van der Waals surface area contributed by atoms with E-state index >= 15 is 0 Å². The SMILES string of the molecule is C=C1C(=O)O[C@]2(C)CC[C@@H]1C[C@@H]1O[C@]1(C)CC/C=C(\C)CC[C@@H]2O. The van der Waals surface area contributed by atoms with E-state index in [1.807, 2.05) is 6.92 Å². The molecule has 5 atom stereocenters. The van der Waals surface area contributed by atoms with Crippen molar-refractivity contribution in [3.05, 3.63) is 23.8 Å². The van der Waals surface area contributed by atoms with Gasteiger partial charge in [0, 0.05) is 5.57 Å². The van der Waals surface area contributed by atoms with Gasteiger partial charge in [-0.05, 0) is 71.6 Å². The summed E-state index contributed by atoms with van der Waals surface area (Å²) < 4.78 is 11.7. The average Bonchev–Trinajstić information content (AvgIpc) is 3.18. The molecule has 134 valence electrons. The quantitative estimate of drug-likeness (QED) is 0.318. The van der Waals surface area contributed by atoms with Crippen LogP contribution in [0.4, 0.5) is 0 Å². The van der Waals surface area contributed by atoms with E-state index in [9.17, 15) is 9.90 Å². The van der Waals surface area contributed by atoms with E-state index in [-0.39, 0.29) is 23.6 Å². The third kappa shape index (κ3) is 3.45. The smallest absolute Gasteiger partial charge is 0.334 e. The third-order valence-electron chi connectivity index (χ3n) is 6.25. The van der Waals surface area contributed by atoms with E-state index in [0.29, 0.717) is 18.4 Å². The van der Waals surface area contributed by atoms with E-state index < -0.39 is 11.7 Å². The maximum Gasteiger partial charge on any atom is 0.334 e. The first-order chi connectivity index (χ1) is 11.2. The summed E-state index contributed by atoms with van der Waals surface area (Å²) in [6.45, 7) is 10.1. The Hall–Kier alpha value is -1.13. The molecule has 0 radical (unpaired) electrons. The highest BCUT2D eigenvalue weighted by Crippen LogP contribution is 2.47. The molecule has 3 rings (SSSR count). The first-order valence-electron chi connectivity index (χ1n) is 9.17. The normalized spacial score (nSPS) is 46.2. The Bertz CT molecular complexity index is 566. The van der Waals surface area contributed by atoms with Crippen LogP contribution in [0.2, 0.25) is 0 Å². The van der Waals surface area contributed by atoms with Crippen molar-refractivity contribution in [2.24, 2.45) is 5.92 Å². The molecule has 0 aromatic heterocycles. The van der Waals surface area contributed by atoms with Crippen molar-refractivity contribution in [2.75, 3.05) is 0 Å². The number of epoxide rings is 1. The van der Waals surface area contributed by atoms with E-state index in [1.165, 1.54) is 5.57 Å². The largest absolute Gasteiger partial charge is 0.453 e. The van der Waals surface area contributed by atoms with Crippen LogP contribution >= 0.6 is 0 Å². The van der Waals surface area contributed by atoms with Crippen LogP contribution in [-0.2, 0) is 14.3 Å². The molecule has 2 saturated heterocycles. The molecule has 0 saturated carbocycles. The lowest BCUT2D eigenvalue weighted by atomic mass is 9.82. The van der Waals surface area contributed by atoms with E-state index in [4.69, 9.17) is 9.47 Å². The molecule has 0 amide bonds. The van der Waals surface area contributed by atoms with Crippen LogP contribution in [0.15, 0.2) is 23.8 Å². The van der Waals surface area contributed by atoms with Gasteiger partial charge in [-0.15, -0.1) is 0 Å². The summed E-state index contributed by atoms with van der Waals surface area (Å²) in [6, 6.07) is 0. The highest BCUT2D eigenvalue weighted by Gasteiger charge is 2.53. The summed E-state index contributed by atoms with van der Waals surface area (Å²) >= 11 is 0. The standard InChI is InChI=1S/C20H30O4/c1-13-6-5-10-20(4)17(23-20)12-15-9-11-19(3,16(21)8-7-13)24-18(22)14(15)2/h6,15-17,21H,2,5,7-12H2,1,3-4H3/b13-6+/t15-,16+,17+,19-,20-/m1/s1. The van der Waals surface area contributed by atoms with Crippen LogP contribution in [0.25, 0.3) is 0 Å². The predicted molar refractivity (Wildman–Crippen MR) is 92.5 cm³/mol. The number of allylic oxidation sites excluding steroid dienone is 2. The Morgan fingerprint density at radius 1 is 1.25 bits per heavy atom. The van der Waals surface area contributed by atoms with Gasteiger partial charge in [0.15, 0.2) is 0 Å². The molecule has 2 heterocycles. The second-order valence-corrected chi connectivity index (χ2v) is 8.26. The van der Waals surface area contributed by atoms with Crippen molar-refractivity contribution >= 4 is 5.97 Å². The van der Waals surface area contributed by atoms with Crippen LogP contribution in [0, 0.1) is 5.92 Å². The fraction of sp³-hybridized carbons (Fsp3) is 0.750. The number of hydrogen-bond donors (Lipinski definition) is 1. The fourth-order valence-electron chi connectivity index (χ4n) is 4.07. The zero-order valence-corrected chi connectivity index (χ0v) is 15.1. The second kappa shape index (κ2) is 6.30. The number of carbonyl (C=O) groups excluding carboxylic acids is 1. The summed E-state index contributed by atoms with van der Waals surface area (Å²) in [7, 11) is 0. The minimum absolute atomic E-state index is 0.0692. The Morgan fingerprint density at radius 3 is 2.75 bits per heavy atom. The highest BCUT2D eigenvalue weighted by molar-refractivity contribution is 5.89. The molecule has 2 fully saturated rings. The first-order valence-corrected chi connectivity index (χ1v) is 9.17. The molecule has 0 aromatic rings. The summed E-state index contributed by atoms with van der Waals surface area (Å²) in [6.07, 6.45) is 7.51. The Balaban J connectivity index is 1.85. The summed E-state index contributed by atoms with van der Waals surface area (Å²) in [5, 5.41) is 10.7. The third-order valence-corrected chi connectivity index (χ3v) is 6.25. The summed E-state index contributed by atoms with van der Waals surface area (Å²) in [5.41, 5.74) is 0.915. The maximum absolute atomic E-state index is 12.4. The maximum atomic E-state index is 12.4. The molecular formula is C20H30O4. The van der Waals surface area contributed by atoms with E-state index in [2.05, 4.69) is 26.5 Å². The molecule has 0 unspecified atom stereocenters. The van der Waals surface area contributed by atoms with Gasteiger partial charge in [-0.3, -0.25) is 0 Å². The lowest BCUT2D eigenvalue weighted by Gasteiger charge is -2.33. The van der Waals surface area contributed by atoms with E-state index in [0.717, 1.165) is 32.1 Å². The first kappa shape index (κ1) is 17.7. The van der Waals surface area contributed by atoms with Gasteiger partial charge < -0.3 is 14.6 Å². The van der Waals surface area contributed by atoms with Gasteiger partial charge in [0.05, 0.1) is 17.8 Å². The van der Waals surface area contributed by atoms with Gasteiger partial charge in [-0.25, -0.2) is 4.79 Å². The number of fused-ring (bicyclic) bond motifs is 4. The van der Waals surface area contributed by atoms with Gasteiger partial charge in [-0.2, -0.15) is 0 Å². The molecule has 4 nitrogen and oxygen atoms in total. The van der Waals surface area contributed by atoms with Crippen molar-refractivity contribution in [3.63, 3.8) is 0 Å². The minimum atomic E-state index is -0.827. The van der Waals surface area contributed by atoms with Gasteiger partial charge in [0.1, 0.15) is 5.60 Å². The van der Waals surface area contributed by atoms with Crippen molar-refractivity contribution < 1.29 is 19.4 Å². The van der Waals surface area contributed by atoms with Gasteiger partial charge >= 0.3 is 5.97 Å². The molecule has 3 aliphatic rings. The highest BCUT2D eigenvalue weighted by atomic mass is 16.6. The molecule has 2 bridgehead atoms. The van der Waals surface area contributed by atoms with Crippen molar-refractivity contribution in [2.45, 2.75) is 89.1 Å². The lowest BCUT2D eigenvalue weighted by molar-refractivity contribution is -0.165. The molecule has 1 aliphatic carbocycles. The zero-order chi connectivity index (χ0) is 17.5. The van der Waals surface area contributed by atoms with E-state index in [1.54, 1.807) is 0 Å². The zero-order valence-electron chi connectivity index (χ0n) is 15.1. The molecule has 0 spiro atoms. The van der Waals surface area contributed by atoms with Crippen molar-refractivity contribution in [1.82, 2.24) is 0 Å². The Labute approximate surface area is 144 Å². The van der Waals surface area contributed by atoms with Crippen molar-refractivity contribution in [3.8, 4) is 0 Å². The van der Waals surface area contributed by atoms with Crippen LogP contribution in [0.3, 0.4) is 0 Å². The van der Waals surface area contributed by atoms with Crippen LogP contribution in [0.5, 0.6) is 0 Å². The summed E-state index contributed by atoms with van der Waals surface area (Å²) in [5.74, 6) is -0.276. The Kier molecular flexibility index (Phi) is 4.65. The molecular weight excluding hydrogens is 304 g/mol. The molecule has 4 heteroatoms. The number of aliphatic hydroxyl groups excluding tert-OH is 1. The number of hydrogen-bond acceptors (Lipinski definition) is 4. The second-order valence-electron chi connectivity index (χ2n) is 8.26. The molecule has 2 aliphatic heterocycles. The van der Waals surface area contributed by atoms with Gasteiger partial charge in [-0.1, -0.05) is 18.2 Å². The molecule has 24 heavy (non-hydrogen) atoms. The summed E-state index contributed by atoms with van der Waals surface area (Å²) in [4.78, 5) is 12.4. The van der Waals surface area contributed by atoms with Gasteiger partial charge in [0.25, 0.3) is 0 Å². The molecule has 0 aromatic carbocycles. The van der Waals surface area contributed by atoms with Crippen LogP contribution in [0.1, 0.15) is 65.7 Å². The number of carbonyl (C=O) groups is 1. The number of rotatable bonds is 0. The number of aliphatic hydroxyl groups is 1. The fourth-order valence-corrected chi connectivity index (χ4v) is 4.07. The van der Waals surface area contributed by atoms with Crippen molar-refractivity contribution in [1.29, 1.82) is 0 Å². The molecule has 1 N–H and O–H groups in total. The number of esters is 1. The minimum Gasteiger partial charge on any atom is -0.453 e. The predicted octanol–water partition coefficient (Wildman–Crippen LogP) is 3.68. The van der Waals surface area contributed by atoms with Gasteiger partial charge in [0.2, 0.25) is 0 Å². The Morgan fingerprint density at radius 2 is 2.00 bits per heavy atom. The number of ether oxygens (including phenoxy) is 2.